The second-order valence-electron chi connectivity index (χ2n) is 9.81. The Kier molecular flexibility index (Phi) is 9.61. The second-order valence-corrected chi connectivity index (χ2v) is 9.81. The van der Waals surface area contributed by atoms with Gasteiger partial charge in [0.05, 0.1) is 0 Å². The lowest BCUT2D eigenvalue weighted by Crippen LogP contribution is -2.90. The molecule has 0 aromatic carbocycles. The Labute approximate surface area is 252 Å². The maximum Gasteiger partial charge on any atom is 0.473 e. The zero-order valence-electron chi connectivity index (χ0n) is 22.0. The fourth-order valence-corrected chi connectivity index (χ4v) is 3.47. The minimum atomic E-state index is -10.2. The summed E-state index contributed by atoms with van der Waals surface area (Å²) in [7, 11) is 0. The smallest absolute Gasteiger partial charge is 0.393 e. The van der Waals surface area contributed by atoms with Crippen LogP contribution in [0.25, 0.3) is 0 Å². The molecular weight excluding hydrogens is 811 g/mol. The molecule has 0 N–H and O–H groups in total. The van der Waals surface area contributed by atoms with Gasteiger partial charge in [0.15, 0.2) is 0 Å². The molecule has 0 bridgehead atoms. The average molecular weight is 816 g/mol. The predicted molar refractivity (Wildman–Crippen MR) is 94.0 cm³/mol. The van der Waals surface area contributed by atoms with Crippen molar-refractivity contribution in [2.24, 2.45) is 0 Å². The van der Waals surface area contributed by atoms with E-state index in [2.05, 4.69) is 11.3 Å². The molecule has 0 saturated heterocycles. The molecule has 0 radical (unpaired) electrons. The van der Waals surface area contributed by atoms with Crippen molar-refractivity contribution in [2.75, 3.05) is 0 Å². The standard InChI is InChI=1S/C19H5F29O2/c1-3(2)4(49)50-19(47,48)18(45,46)17(43,44)16(41,42)15(39,40)14(37,38)13(35,36)11(31,32)8(25,26)5(20)6(21,22)9(27,28)12(33,34)10(29,30)7(5,23)24/h1H2,2H3. The molecule has 31 heteroatoms. The highest BCUT2D eigenvalue weighted by atomic mass is 19.4. The Bertz CT molecular complexity index is 1340. The van der Waals surface area contributed by atoms with E-state index in [0.29, 0.717) is 0 Å². The monoisotopic (exact) mass is 816 g/mol. The second kappa shape index (κ2) is 10.6. The van der Waals surface area contributed by atoms with Crippen LogP contribution in [0.1, 0.15) is 6.92 Å². The Morgan fingerprint density at radius 2 is 0.640 bits per heavy atom. The molecule has 1 rings (SSSR count). The summed E-state index contributed by atoms with van der Waals surface area (Å²) in [6, 6.07) is 0. The van der Waals surface area contributed by atoms with Crippen molar-refractivity contribution in [1.29, 1.82) is 0 Å². The molecule has 0 unspecified atom stereocenters. The maximum atomic E-state index is 14.5. The van der Waals surface area contributed by atoms with Gasteiger partial charge in [-0.05, 0) is 6.92 Å². The minimum absolute atomic E-state index is 0.143. The molecule has 1 aliphatic rings. The lowest BCUT2D eigenvalue weighted by Gasteiger charge is -2.55. The van der Waals surface area contributed by atoms with Crippen LogP contribution in [0.15, 0.2) is 12.2 Å². The van der Waals surface area contributed by atoms with E-state index in [0.717, 1.165) is 0 Å². The van der Waals surface area contributed by atoms with Gasteiger partial charge in [-0.1, -0.05) is 6.58 Å². The molecule has 0 amide bonds. The van der Waals surface area contributed by atoms with Gasteiger partial charge in [0.25, 0.3) is 0 Å². The van der Waals surface area contributed by atoms with Crippen LogP contribution in [0.5, 0.6) is 0 Å². The Morgan fingerprint density at radius 1 is 0.420 bits per heavy atom. The number of alkyl halides is 29. The Morgan fingerprint density at radius 3 is 0.900 bits per heavy atom. The lowest BCUT2D eigenvalue weighted by molar-refractivity contribution is -0.528. The summed E-state index contributed by atoms with van der Waals surface area (Å²) in [5.41, 5.74) is -11.5. The van der Waals surface area contributed by atoms with Crippen LogP contribution in [0.2, 0.25) is 0 Å². The third kappa shape index (κ3) is 4.42. The van der Waals surface area contributed by atoms with E-state index in [1.165, 1.54) is 0 Å². The summed E-state index contributed by atoms with van der Waals surface area (Å²) in [6.07, 6.45) is -7.74. The van der Waals surface area contributed by atoms with Crippen LogP contribution in [0.3, 0.4) is 0 Å². The third-order valence-corrected chi connectivity index (χ3v) is 6.57. The topological polar surface area (TPSA) is 26.3 Å². The molecule has 0 aromatic rings. The lowest BCUT2D eigenvalue weighted by atomic mass is 9.67. The Hall–Kier alpha value is -2.82. The molecule has 0 aliphatic heterocycles. The van der Waals surface area contributed by atoms with Gasteiger partial charge in [-0.15, -0.1) is 0 Å². The summed E-state index contributed by atoms with van der Waals surface area (Å²) in [6.45, 7) is 2.43. The largest absolute Gasteiger partial charge is 0.473 e. The maximum absolute atomic E-state index is 14.5. The molecule has 1 saturated carbocycles. The number of hydrogen-bond acceptors (Lipinski definition) is 2. The number of ether oxygens (including phenoxy) is 1. The van der Waals surface area contributed by atoms with Gasteiger partial charge in [-0.25, -0.2) is 9.18 Å². The van der Waals surface area contributed by atoms with Crippen molar-refractivity contribution >= 4 is 5.97 Å². The van der Waals surface area contributed by atoms with Crippen LogP contribution >= 0.6 is 0 Å². The van der Waals surface area contributed by atoms with E-state index >= 15 is 0 Å². The summed E-state index contributed by atoms with van der Waals surface area (Å²) in [5, 5.41) is 0. The number of carbonyl (C=O) groups is 1. The summed E-state index contributed by atoms with van der Waals surface area (Å²) >= 11 is 0. The van der Waals surface area contributed by atoms with E-state index in [4.69, 9.17) is 0 Å². The number of rotatable bonds is 11. The molecular formula is C19H5F29O2. The highest BCUT2D eigenvalue weighted by Crippen LogP contribution is 2.75. The molecule has 1 fully saturated rings. The fraction of sp³-hybridized carbons (Fsp3) is 0.842. The normalized spacial score (nSPS) is 22.9. The van der Waals surface area contributed by atoms with Crippen molar-refractivity contribution in [1.82, 2.24) is 0 Å². The van der Waals surface area contributed by atoms with E-state index in [1.54, 1.807) is 0 Å². The van der Waals surface area contributed by atoms with Gasteiger partial charge in [0, 0.05) is 5.57 Å². The van der Waals surface area contributed by atoms with Crippen LogP contribution in [0, 0.1) is 0 Å². The van der Waals surface area contributed by atoms with Gasteiger partial charge in [0.2, 0.25) is 0 Å². The van der Waals surface area contributed by atoms with E-state index in [-0.39, 0.29) is 6.92 Å². The molecule has 50 heavy (non-hydrogen) atoms. The molecule has 0 aromatic heterocycles. The minimum Gasteiger partial charge on any atom is -0.393 e. The Balaban J connectivity index is 4.16. The van der Waals surface area contributed by atoms with E-state index in [1.807, 2.05) is 0 Å². The van der Waals surface area contributed by atoms with Crippen LogP contribution in [-0.4, -0.2) is 94.7 Å². The predicted octanol–water partition coefficient (Wildman–Crippen LogP) is 9.68. The number of esters is 1. The zero-order chi connectivity index (χ0) is 41.4. The first-order chi connectivity index (χ1) is 21.1. The van der Waals surface area contributed by atoms with Gasteiger partial charge >= 0.3 is 94.7 Å². The van der Waals surface area contributed by atoms with Crippen molar-refractivity contribution in [3.63, 3.8) is 0 Å². The van der Waals surface area contributed by atoms with Gasteiger partial charge < -0.3 is 4.74 Å². The van der Waals surface area contributed by atoms with Crippen molar-refractivity contribution in [3.05, 3.63) is 12.2 Å². The highest BCUT2D eigenvalue weighted by Gasteiger charge is 3.09. The van der Waals surface area contributed by atoms with Gasteiger partial charge in [0.1, 0.15) is 0 Å². The summed E-state index contributed by atoms with van der Waals surface area (Å²) in [4.78, 5) is 10.9. The molecule has 1 aliphatic carbocycles. The van der Waals surface area contributed by atoms with Crippen molar-refractivity contribution in [3.8, 4) is 0 Å². The van der Waals surface area contributed by atoms with Crippen LogP contribution in [0.4, 0.5) is 127 Å². The molecule has 296 valence electrons. The zero-order valence-corrected chi connectivity index (χ0v) is 22.0. The molecule has 0 heterocycles. The quantitative estimate of drug-likeness (QED) is 0.118. The van der Waals surface area contributed by atoms with Crippen molar-refractivity contribution < 1.29 is 137 Å². The molecule has 0 atom stereocenters. The first kappa shape index (κ1) is 45.2. The van der Waals surface area contributed by atoms with Gasteiger partial charge in [-0.2, -0.15) is 123 Å². The first-order valence-electron chi connectivity index (χ1n) is 10.9. The number of halogens is 29. The van der Waals surface area contributed by atoms with Crippen LogP contribution in [-0.2, 0) is 9.53 Å². The van der Waals surface area contributed by atoms with Crippen molar-refractivity contribution in [2.45, 2.75) is 95.7 Å². The fourth-order valence-electron chi connectivity index (χ4n) is 3.47. The van der Waals surface area contributed by atoms with E-state index in [9.17, 15) is 132 Å². The average Bonchev–Trinajstić information content (AvgIpc) is 2.89. The summed E-state index contributed by atoms with van der Waals surface area (Å²) < 4.78 is 402. The number of hydrogen-bond donors (Lipinski definition) is 0. The first-order valence-corrected chi connectivity index (χ1v) is 10.9. The van der Waals surface area contributed by atoms with Gasteiger partial charge in [-0.3, -0.25) is 0 Å². The number of carbonyl (C=O) groups excluding carboxylic acids is 1. The third-order valence-electron chi connectivity index (χ3n) is 6.57. The van der Waals surface area contributed by atoms with E-state index < -0.39 is 100 Å². The SMILES string of the molecule is C=C(C)C(=O)OC(F)(F)C(F)(F)C(F)(F)C(F)(F)C(F)(F)C(F)(F)C(F)(F)C(F)(F)C(F)(F)C1(F)C(F)(F)C(F)(F)C(F)(F)C(F)(F)C1(F)F. The summed E-state index contributed by atoms with van der Waals surface area (Å²) in [5.74, 6) is -126. The highest BCUT2D eigenvalue weighted by molar-refractivity contribution is 5.87. The molecule has 0 spiro atoms. The molecule has 2 nitrogen and oxygen atoms in total. The van der Waals surface area contributed by atoms with Crippen LogP contribution < -0.4 is 0 Å².